The molecule has 1 saturated carbocycles. The summed E-state index contributed by atoms with van der Waals surface area (Å²) in [6.45, 7) is 0.310. The van der Waals surface area contributed by atoms with Crippen LogP contribution in [0.1, 0.15) is 12.8 Å². The molecule has 0 amide bonds. The minimum absolute atomic E-state index is 0.0850. The van der Waals surface area contributed by atoms with Crippen LogP contribution in [0.2, 0.25) is 0 Å². The number of hydrogen-bond acceptors (Lipinski definition) is 3. The quantitative estimate of drug-likeness (QED) is 0.835. The van der Waals surface area contributed by atoms with Crippen molar-refractivity contribution in [3.63, 3.8) is 0 Å². The maximum Gasteiger partial charge on any atom is 0.250 e. The number of thiophene rings is 1. The standard InChI is InChI=1S/C9H11BrClNO2S2/c10-8-3-4-9(15-8)16(13,14)12-5-7(11)6-1-2-6/h3-4,6-7,12H,1-2,5H2. The Labute approximate surface area is 112 Å². The van der Waals surface area contributed by atoms with Crippen molar-refractivity contribution in [2.24, 2.45) is 5.92 Å². The summed E-state index contributed by atoms with van der Waals surface area (Å²) >= 11 is 10.5. The van der Waals surface area contributed by atoms with E-state index in [1.54, 1.807) is 12.1 Å². The molecule has 2 rings (SSSR count). The lowest BCUT2D eigenvalue weighted by Crippen LogP contribution is -2.30. The summed E-state index contributed by atoms with van der Waals surface area (Å²) in [4.78, 5) is 0. The van der Waals surface area contributed by atoms with Crippen LogP contribution in [-0.4, -0.2) is 20.3 Å². The Kier molecular flexibility index (Phi) is 3.96. The Morgan fingerprint density at radius 2 is 2.25 bits per heavy atom. The predicted molar refractivity (Wildman–Crippen MR) is 69.6 cm³/mol. The molecule has 0 bridgehead atoms. The van der Waals surface area contributed by atoms with Gasteiger partial charge in [-0.2, -0.15) is 0 Å². The Hall–Kier alpha value is 0.380. The van der Waals surface area contributed by atoms with E-state index in [9.17, 15) is 8.42 Å². The second-order valence-corrected chi connectivity index (χ2v) is 8.78. The van der Waals surface area contributed by atoms with Gasteiger partial charge in [0.2, 0.25) is 10.0 Å². The van der Waals surface area contributed by atoms with Crippen molar-refractivity contribution in [3.05, 3.63) is 15.9 Å². The van der Waals surface area contributed by atoms with Gasteiger partial charge in [-0.3, -0.25) is 0 Å². The van der Waals surface area contributed by atoms with Gasteiger partial charge in [0.1, 0.15) is 4.21 Å². The maximum atomic E-state index is 11.8. The van der Waals surface area contributed by atoms with Gasteiger partial charge in [-0.25, -0.2) is 13.1 Å². The molecule has 3 nitrogen and oxygen atoms in total. The van der Waals surface area contributed by atoms with E-state index >= 15 is 0 Å². The van der Waals surface area contributed by atoms with Crippen molar-refractivity contribution in [2.75, 3.05) is 6.54 Å². The minimum atomic E-state index is -3.39. The van der Waals surface area contributed by atoms with Crippen molar-refractivity contribution in [1.82, 2.24) is 4.72 Å². The molecule has 1 aliphatic rings. The topological polar surface area (TPSA) is 46.2 Å². The highest BCUT2D eigenvalue weighted by molar-refractivity contribution is 9.11. The van der Waals surface area contributed by atoms with Gasteiger partial charge in [-0.15, -0.1) is 22.9 Å². The molecule has 1 aromatic heterocycles. The van der Waals surface area contributed by atoms with Crippen LogP contribution in [0.25, 0.3) is 0 Å². The van der Waals surface area contributed by atoms with Gasteiger partial charge < -0.3 is 0 Å². The molecule has 16 heavy (non-hydrogen) atoms. The van der Waals surface area contributed by atoms with E-state index in [1.165, 1.54) is 11.3 Å². The lowest BCUT2D eigenvalue weighted by Gasteiger charge is -2.08. The molecule has 0 spiro atoms. The smallest absolute Gasteiger partial charge is 0.209 e. The summed E-state index contributed by atoms with van der Waals surface area (Å²) in [5, 5.41) is -0.0850. The van der Waals surface area contributed by atoms with Gasteiger partial charge in [0.05, 0.1) is 3.79 Å². The molecule has 7 heteroatoms. The third-order valence-electron chi connectivity index (χ3n) is 2.42. The van der Waals surface area contributed by atoms with E-state index in [1.807, 2.05) is 0 Å². The molecule has 0 radical (unpaired) electrons. The number of nitrogens with one attached hydrogen (secondary N) is 1. The van der Waals surface area contributed by atoms with Crippen LogP contribution in [-0.2, 0) is 10.0 Å². The lowest BCUT2D eigenvalue weighted by molar-refractivity contribution is 0.578. The molecular weight excluding hydrogens is 334 g/mol. The highest BCUT2D eigenvalue weighted by Crippen LogP contribution is 2.35. The summed E-state index contributed by atoms with van der Waals surface area (Å²) in [7, 11) is -3.39. The molecule has 1 aromatic rings. The molecule has 1 heterocycles. The van der Waals surface area contributed by atoms with Crippen molar-refractivity contribution in [1.29, 1.82) is 0 Å². The summed E-state index contributed by atoms with van der Waals surface area (Å²) < 4.78 is 27.3. The van der Waals surface area contributed by atoms with Crippen LogP contribution in [0.3, 0.4) is 0 Å². The van der Waals surface area contributed by atoms with Crippen LogP contribution in [0, 0.1) is 5.92 Å². The molecular formula is C9H11BrClNO2S2. The zero-order valence-electron chi connectivity index (χ0n) is 8.32. The molecule has 0 saturated heterocycles. The van der Waals surface area contributed by atoms with E-state index in [-0.39, 0.29) is 5.38 Å². The highest BCUT2D eigenvalue weighted by atomic mass is 79.9. The number of rotatable bonds is 5. The van der Waals surface area contributed by atoms with E-state index < -0.39 is 10.0 Å². The van der Waals surface area contributed by atoms with Crippen LogP contribution >= 0.6 is 38.9 Å². The summed E-state index contributed by atoms with van der Waals surface area (Å²) in [5.41, 5.74) is 0. The first-order chi connectivity index (χ1) is 7.49. The Morgan fingerprint density at radius 1 is 1.56 bits per heavy atom. The van der Waals surface area contributed by atoms with Gasteiger partial charge in [0.15, 0.2) is 0 Å². The number of sulfonamides is 1. The summed E-state index contributed by atoms with van der Waals surface area (Å²) in [5.74, 6) is 0.486. The van der Waals surface area contributed by atoms with E-state index in [2.05, 4.69) is 20.7 Å². The van der Waals surface area contributed by atoms with Crippen LogP contribution < -0.4 is 4.72 Å². The number of hydrogen-bond donors (Lipinski definition) is 1. The number of halogens is 2. The average Bonchev–Trinajstić information content (AvgIpc) is 2.98. The SMILES string of the molecule is O=S(=O)(NCC(Cl)C1CC1)c1ccc(Br)s1. The van der Waals surface area contributed by atoms with E-state index in [0.29, 0.717) is 16.7 Å². The van der Waals surface area contributed by atoms with Crippen LogP contribution in [0.5, 0.6) is 0 Å². The Morgan fingerprint density at radius 3 is 2.75 bits per heavy atom. The molecule has 0 aliphatic heterocycles. The zero-order valence-corrected chi connectivity index (χ0v) is 12.3. The van der Waals surface area contributed by atoms with Crippen LogP contribution in [0.4, 0.5) is 0 Å². The fraction of sp³-hybridized carbons (Fsp3) is 0.556. The third kappa shape index (κ3) is 3.20. The van der Waals surface area contributed by atoms with Crippen molar-refractivity contribution >= 4 is 48.9 Å². The fourth-order valence-electron chi connectivity index (χ4n) is 1.33. The molecule has 1 fully saturated rings. The van der Waals surface area contributed by atoms with E-state index in [4.69, 9.17) is 11.6 Å². The second kappa shape index (κ2) is 4.94. The molecule has 1 aliphatic carbocycles. The van der Waals surface area contributed by atoms with Crippen molar-refractivity contribution in [3.8, 4) is 0 Å². The van der Waals surface area contributed by atoms with Gasteiger partial charge in [-0.1, -0.05) is 0 Å². The third-order valence-corrected chi connectivity index (χ3v) is 6.46. The zero-order chi connectivity index (χ0) is 11.8. The normalized spacial score (nSPS) is 18.6. The molecule has 1 N–H and O–H groups in total. The molecule has 90 valence electrons. The van der Waals surface area contributed by atoms with Crippen LogP contribution in [0.15, 0.2) is 20.1 Å². The Balaban J connectivity index is 1.97. The monoisotopic (exact) mass is 343 g/mol. The fourth-order valence-corrected chi connectivity index (χ4v) is 4.86. The summed E-state index contributed by atoms with van der Waals surface area (Å²) in [6.07, 6.45) is 2.22. The molecule has 0 aromatic carbocycles. The number of alkyl halides is 1. The predicted octanol–water partition coefficient (Wildman–Crippen LogP) is 2.81. The maximum absolute atomic E-state index is 11.8. The highest BCUT2D eigenvalue weighted by Gasteiger charge is 2.30. The molecule has 1 atom stereocenters. The van der Waals surface area contributed by atoms with Gasteiger partial charge in [0, 0.05) is 11.9 Å². The van der Waals surface area contributed by atoms with Crippen molar-refractivity contribution in [2.45, 2.75) is 22.4 Å². The van der Waals surface area contributed by atoms with Gasteiger partial charge >= 0.3 is 0 Å². The van der Waals surface area contributed by atoms with Gasteiger partial charge in [-0.05, 0) is 46.8 Å². The average molecular weight is 345 g/mol. The first-order valence-corrected chi connectivity index (χ1v) is 8.41. The largest absolute Gasteiger partial charge is 0.250 e. The first-order valence-electron chi connectivity index (χ1n) is 4.88. The first kappa shape index (κ1) is 12.8. The lowest BCUT2D eigenvalue weighted by atomic mass is 10.3. The Bertz CT molecular complexity index is 470. The van der Waals surface area contributed by atoms with E-state index in [0.717, 1.165) is 16.6 Å². The van der Waals surface area contributed by atoms with Crippen molar-refractivity contribution < 1.29 is 8.42 Å². The summed E-state index contributed by atoms with van der Waals surface area (Å²) in [6, 6.07) is 3.30. The minimum Gasteiger partial charge on any atom is -0.209 e. The molecule has 1 unspecified atom stereocenters. The van der Waals surface area contributed by atoms with Gasteiger partial charge in [0.25, 0.3) is 0 Å². The second-order valence-electron chi connectivity index (χ2n) is 3.76.